The normalized spacial score (nSPS) is 17.4. The summed E-state index contributed by atoms with van der Waals surface area (Å²) >= 11 is 0. The zero-order chi connectivity index (χ0) is 20.3. The molecule has 1 fully saturated rings. The maximum atomic E-state index is 12.8. The van der Waals surface area contributed by atoms with Crippen LogP contribution in [-0.2, 0) is 22.4 Å². The number of aromatic nitrogens is 2. The minimum absolute atomic E-state index is 0.0221. The van der Waals surface area contributed by atoms with Gasteiger partial charge in [-0.3, -0.25) is 19.7 Å². The molecule has 0 bridgehead atoms. The zero-order valence-corrected chi connectivity index (χ0v) is 17.5. The molecule has 0 N–H and O–H groups in total. The van der Waals surface area contributed by atoms with E-state index in [-0.39, 0.29) is 18.1 Å². The first-order chi connectivity index (χ1) is 14.2. The number of rotatable bonds is 10. The number of hydrogen-bond acceptors (Lipinski definition) is 5. The SMILES string of the molecule is CN1CCCC[C@H]1C(=O)OC(CCCc1cccnc1)CCCc1cccnc1. The average Bonchev–Trinajstić information content (AvgIpc) is 2.75. The highest BCUT2D eigenvalue weighted by Gasteiger charge is 2.29. The van der Waals surface area contributed by atoms with Crippen LogP contribution in [0.1, 0.15) is 56.1 Å². The quantitative estimate of drug-likeness (QED) is 0.564. The van der Waals surface area contributed by atoms with Crippen molar-refractivity contribution in [2.24, 2.45) is 0 Å². The molecule has 1 saturated heterocycles. The Kier molecular flexibility index (Phi) is 8.62. The fraction of sp³-hybridized carbons (Fsp3) is 0.542. The highest BCUT2D eigenvalue weighted by molar-refractivity contribution is 5.76. The van der Waals surface area contributed by atoms with E-state index in [4.69, 9.17) is 4.74 Å². The van der Waals surface area contributed by atoms with Gasteiger partial charge in [-0.05, 0) is 88.2 Å². The van der Waals surface area contributed by atoms with E-state index in [0.29, 0.717) is 0 Å². The third kappa shape index (κ3) is 7.24. The van der Waals surface area contributed by atoms with Crippen molar-refractivity contribution in [3.63, 3.8) is 0 Å². The maximum Gasteiger partial charge on any atom is 0.323 e. The molecule has 3 heterocycles. The third-order valence-electron chi connectivity index (χ3n) is 5.75. The van der Waals surface area contributed by atoms with Crippen LogP contribution in [0.3, 0.4) is 0 Å². The minimum atomic E-state index is -0.0807. The summed E-state index contributed by atoms with van der Waals surface area (Å²) < 4.78 is 6.02. The first-order valence-corrected chi connectivity index (χ1v) is 10.9. The summed E-state index contributed by atoms with van der Waals surface area (Å²) in [6, 6.07) is 8.07. The fourth-order valence-electron chi connectivity index (χ4n) is 4.04. The third-order valence-corrected chi connectivity index (χ3v) is 5.75. The molecule has 0 aliphatic carbocycles. The summed E-state index contributed by atoms with van der Waals surface area (Å²) in [5.41, 5.74) is 2.47. The van der Waals surface area contributed by atoms with Gasteiger partial charge < -0.3 is 4.74 Å². The van der Waals surface area contributed by atoms with Gasteiger partial charge >= 0.3 is 5.97 Å². The lowest BCUT2D eigenvalue weighted by Gasteiger charge is -2.32. The van der Waals surface area contributed by atoms with Gasteiger partial charge in [0.1, 0.15) is 12.1 Å². The number of carbonyl (C=O) groups excluding carboxylic acids is 1. The zero-order valence-electron chi connectivity index (χ0n) is 17.5. The summed E-state index contributed by atoms with van der Waals surface area (Å²) in [4.78, 5) is 23.3. The summed E-state index contributed by atoms with van der Waals surface area (Å²) in [6.07, 6.45) is 16.3. The highest BCUT2D eigenvalue weighted by atomic mass is 16.5. The second-order valence-electron chi connectivity index (χ2n) is 8.06. The van der Waals surface area contributed by atoms with Crippen LogP contribution < -0.4 is 0 Å². The number of pyridine rings is 2. The van der Waals surface area contributed by atoms with Crippen molar-refractivity contribution in [1.29, 1.82) is 0 Å². The van der Waals surface area contributed by atoms with Crippen LogP contribution in [0.5, 0.6) is 0 Å². The number of piperidine rings is 1. The smallest absolute Gasteiger partial charge is 0.323 e. The Labute approximate surface area is 174 Å². The van der Waals surface area contributed by atoms with E-state index in [0.717, 1.165) is 57.9 Å². The van der Waals surface area contributed by atoms with Crippen molar-refractivity contribution in [2.45, 2.75) is 69.9 Å². The van der Waals surface area contributed by atoms with E-state index >= 15 is 0 Å². The van der Waals surface area contributed by atoms with Gasteiger partial charge in [-0.25, -0.2) is 0 Å². The predicted octanol–water partition coefficient (Wildman–Crippen LogP) is 4.22. The molecule has 1 aliphatic rings. The molecular formula is C24H33N3O2. The summed E-state index contributed by atoms with van der Waals surface area (Å²) in [5, 5.41) is 0. The van der Waals surface area contributed by atoms with Crippen molar-refractivity contribution >= 4 is 5.97 Å². The molecule has 2 aromatic heterocycles. The number of ether oxygens (including phenoxy) is 1. The molecule has 1 aliphatic heterocycles. The fourth-order valence-corrected chi connectivity index (χ4v) is 4.04. The van der Waals surface area contributed by atoms with Gasteiger partial charge in [0, 0.05) is 24.8 Å². The van der Waals surface area contributed by atoms with E-state index in [1.54, 1.807) is 12.4 Å². The van der Waals surface area contributed by atoms with E-state index in [1.807, 2.05) is 31.6 Å². The summed E-state index contributed by atoms with van der Waals surface area (Å²) in [7, 11) is 2.03. The molecule has 0 unspecified atom stereocenters. The Hall–Kier alpha value is -2.27. The average molecular weight is 396 g/mol. The van der Waals surface area contributed by atoms with Gasteiger partial charge in [-0.15, -0.1) is 0 Å². The van der Waals surface area contributed by atoms with Crippen LogP contribution in [0.4, 0.5) is 0 Å². The Morgan fingerprint density at radius 1 is 1.07 bits per heavy atom. The van der Waals surface area contributed by atoms with Gasteiger partial charge in [0.05, 0.1) is 0 Å². The Morgan fingerprint density at radius 3 is 2.21 bits per heavy atom. The van der Waals surface area contributed by atoms with E-state index in [9.17, 15) is 4.79 Å². The number of esters is 1. The molecule has 0 radical (unpaired) electrons. The number of aryl methyl sites for hydroxylation is 2. The summed E-state index contributed by atoms with van der Waals surface area (Å²) in [6.45, 7) is 0.979. The number of likely N-dealkylation sites (tertiary alicyclic amines) is 1. The lowest BCUT2D eigenvalue weighted by Crippen LogP contribution is -2.44. The van der Waals surface area contributed by atoms with Crippen LogP contribution in [0.2, 0.25) is 0 Å². The molecule has 0 aromatic carbocycles. The molecule has 3 rings (SSSR count). The molecule has 0 amide bonds. The molecular weight excluding hydrogens is 362 g/mol. The van der Waals surface area contributed by atoms with Crippen LogP contribution in [-0.4, -0.2) is 46.6 Å². The molecule has 1 atom stereocenters. The first-order valence-electron chi connectivity index (χ1n) is 10.9. The molecule has 29 heavy (non-hydrogen) atoms. The van der Waals surface area contributed by atoms with Gasteiger partial charge in [-0.1, -0.05) is 18.6 Å². The lowest BCUT2D eigenvalue weighted by atomic mass is 10.0. The molecule has 5 heteroatoms. The van der Waals surface area contributed by atoms with E-state index < -0.39 is 0 Å². The van der Waals surface area contributed by atoms with Crippen LogP contribution in [0, 0.1) is 0 Å². The van der Waals surface area contributed by atoms with Crippen molar-refractivity contribution in [3.8, 4) is 0 Å². The molecule has 2 aromatic rings. The lowest BCUT2D eigenvalue weighted by molar-refractivity contribution is -0.157. The number of hydrogen-bond donors (Lipinski definition) is 0. The maximum absolute atomic E-state index is 12.8. The van der Waals surface area contributed by atoms with Crippen molar-refractivity contribution < 1.29 is 9.53 Å². The van der Waals surface area contributed by atoms with Gasteiger partial charge in [0.2, 0.25) is 0 Å². The number of nitrogens with zero attached hydrogens (tertiary/aromatic N) is 3. The van der Waals surface area contributed by atoms with Crippen LogP contribution in [0.15, 0.2) is 49.1 Å². The van der Waals surface area contributed by atoms with Crippen LogP contribution in [0.25, 0.3) is 0 Å². The van der Waals surface area contributed by atoms with Crippen molar-refractivity contribution in [2.75, 3.05) is 13.6 Å². The first kappa shape index (κ1) is 21.4. The highest BCUT2D eigenvalue weighted by Crippen LogP contribution is 2.20. The van der Waals surface area contributed by atoms with Gasteiger partial charge in [0.25, 0.3) is 0 Å². The molecule has 0 spiro atoms. The summed E-state index contributed by atoms with van der Waals surface area (Å²) in [5.74, 6) is -0.0417. The minimum Gasteiger partial charge on any atom is -0.461 e. The second-order valence-corrected chi connectivity index (χ2v) is 8.06. The Balaban J connectivity index is 1.51. The Morgan fingerprint density at radius 2 is 1.69 bits per heavy atom. The second kappa shape index (κ2) is 11.7. The number of carbonyl (C=O) groups is 1. The topological polar surface area (TPSA) is 55.3 Å². The largest absolute Gasteiger partial charge is 0.461 e. The van der Waals surface area contributed by atoms with E-state index in [1.165, 1.54) is 17.5 Å². The monoisotopic (exact) mass is 395 g/mol. The molecule has 0 saturated carbocycles. The predicted molar refractivity (Wildman–Crippen MR) is 114 cm³/mol. The van der Waals surface area contributed by atoms with Crippen LogP contribution >= 0.6 is 0 Å². The van der Waals surface area contributed by atoms with Crippen molar-refractivity contribution in [3.05, 3.63) is 60.2 Å². The molecule has 5 nitrogen and oxygen atoms in total. The van der Waals surface area contributed by atoms with Crippen molar-refractivity contribution in [1.82, 2.24) is 14.9 Å². The van der Waals surface area contributed by atoms with Gasteiger partial charge in [0.15, 0.2) is 0 Å². The number of likely N-dealkylation sites (N-methyl/N-ethyl adjacent to an activating group) is 1. The van der Waals surface area contributed by atoms with E-state index in [2.05, 4.69) is 27.0 Å². The standard InChI is InChI=1S/C24H33N3O2/c1-27-17-3-2-14-23(27)24(28)29-22(12-4-8-20-10-6-15-25-18-20)13-5-9-21-11-7-16-26-19-21/h6-7,10-11,15-16,18-19,22-23H,2-5,8-9,12-14,17H2,1H3/t23-/m0/s1. The molecule has 156 valence electrons. The Bertz CT molecular complexity index is 678. The van der Waals surface area contributed by atoms with Gasteiger partial charge in [-0.2, -0.15) is 0 Å².